The third-order valence-corrected chi connectivity index (χ3v) is 4.89. The molecule has 1 aromatic carbocycles. The highest BCUT2D eigenvalue weighted by Crippen LogP contribution is 2.33. The molecule has 0 bridgehead atoms. The third kappa shape index (κ3) is 4.81. The quantitative estimate of drug-likeness (QED) is 0.792. The number of hydrogen-bond donors (Lipinski definition) is 2. The Morgan fingerprint density at radius 2 is 1.96 bits per heavy atom. The summed E-state index contributed by atoms with van der Waals surface area (Å²) in [5.41, 5.74) is 0.852. The van der Waals surface area contributed by atoms with Crippen LogP contribution in [0.1, 0.15) is 22.7 Å². The molecule has 2 aromatic rings. The van der Waals surface area contributed by atoms with Crippen LogP contribution < -0.4 is 15.4 Å². The number of carbonyl (C=O) groups excluding carboxylic acids is 1. The zero-order chi connectivity index (χ0) is 20.1. The average Bonchev–Trinajstić information content (AvgIpc) is 3.17. The van der Waals surface area contributed by atoms with Gasteiger partial charge in [-0.3, -0.25) is 4.79 Å². The molecule has 5 nitrogen and oxygen atoms in total. The number of alkyl halides is 3. The summed E-state index contributed by atoms with van der Waals surface area (Å²) in [7, 11) is 1.54. The van der Waals surface area contributed by atoms with Crippen molar-refractivity contribution < 1.29 is 22.7 Å². The van der Waals surface area contributed by atoms with E-state index in [-0.39, 0.29) is 17.7 Å². The van der Waals surface area contributed by atoms with E-state index in [0.717, 1.165) is 23.4 Å². The van der Waals surface area contributed by atoms with E-state index in [1.54, 1.807) is 13.2 Å². The van der Waals surface area contributed by atoms with Crippen LogP contribution in [0, 0.1) is 5.92 Å². The Balaban J connectivity index is 1.58. The molecule has 2 N–H and O–H groups in total. The van der Waals surface area contributed by atoms with Crippen LogP contribution in [0.25, 0.3) is 0 Å². The predicted octanol–water partition coefficient (Wildman–Crippen LogP) is 2.77. The standard InChI is InChI=1S/C20H22F3N3O2/c1-28-18-4-2-3-15(26-18)9-10-25-19(27)17-12-24-11-16(17)13-5-7-14(8-6-13)20(21,22)23/h2-8,16-17,24H,9-12H2,1H3,(H,25,27)/t16-,17+/m0/s1. The van der Waals surface area contributed by atoms with Crippen LogP contribution in [0.15, 0.2) is 42.5 Å². The van der Waals surface area contributed by atoms with Gasteiger partial charge in [-0.15, -0.1) is 0 Å². The molecule has 3 rings (SSSR count). The van der Waals surface area contributed by atoms with Crippen molar-refractivity contribution in [3.05, 3.63) is 59.3 Å². The molecule has 0 aliphatic carbocycles. The van der Waals surface area contributed by atoms with Crippen LogP contribution in [0.5, 0.6) is 5.88 Å². The second kappa shape index (κ2) is 8.60. The molecule has 2 atom stereocenters. The van der Waals surface area contributed by atoms with Crippen molar-refractivity contribution in [1.82, 2.24) is 15.6 Å². The van der Waals surface area contributed by atoms with Crippen molar-refractivity contribution in [2.75, 3.05) is 26.7 Å². The molecule has 0 saturated carbocycles. The maximum Gasteiger partial charge on any atom is 0.416 e. The lowest BCUT2D eigenvalue weighted by molar-refractivity contribution is -0.137. The summed E-state index contributed by atoms with van der Waals surface area (Å²) in [5, 5.41) is 6.06. The minimum absolute atomic E-state index is 0.113. The first kappa shape index (κ1) is 20.1. The topological polar surface area (TPSA) is 63.2 Å². The van der Waals surface area contributed by atoms with Crippen molar-refractivity contribution in [1.29, 1.82) is 0 Å². The van der Waals surface area contributed by atoms with Crippen molar-refractivity contribution in [2.24, 2.45) is 5.92 Å². The lowest BCUT2D eigenvalue weighted by Crippen LogP contribution is -2.35. The van der Waals surface area contributed by atoms with Gasteiger partial charge in [-0.25, -0.2) is 4.98 Å². The molecule has 1 amide bonds. The van der Waals surface area contributed by atoms with Crippen molar-refractivity contribution in [3.8, 4) is 5.88 Å². The molecule has 8 heteroatoms. The Morgan fingerprint density at radius 3 is 2.64 bits per heavy atom. The smallest absolute Gasteiger partial charge is 0.416 e. The highest BCUT2D eigenvalue weighted by atomic mass is 19.4. The van der Waals surface area contributed by atoms with Gasteiger partial charge in [-0.2, -0.15) is 13.2 Å². The number of halogens is 3. The number of ether oxygens (including phenoxy) is 1. The molecular weight excluding hydrogens is 371 g/mol. The van der Waals surface area contributed by atoms with Gasteiger partial charge in [0.1, 0.15) is 0 Å². The van der Waals surface area contributed by atoms with E-state index in [9.17, 15) is 18.0 Å². The number of pyridine rings is 1. The number of nitrogens with one attached hydrogen (secondary N) is 2. The Morgan fingerprint density at radius 1 is 1.21 bits per heavy atom. The summed E-state index contributed by atoms with van der Waals surface area (Å²) in [6.07, 6.45) is -3.80. The number of carbonyl (C=O) groups is 1. The first-order valence-corrected chi connectivity index (χ1v) is 9.04. The Hall–Kier alpha value is -2.61. The summed E-state index contributed by atoms with van der Waals surface area (Å²) < 4.78 is 43.3. The number of aromatic nitrogens is 1. The van der Waals surface area contributed by atoms with Crippen molar-refractivity contribution in [2.45, 2.75) is 18.5 Å². The van der Waals surface area contributed by atoms with Crippen molar-refractivity contribution in [3.63, 3.8) is 0 Å². The van der Waals surface area contributed by atoms with E-state index in [4.69, 9.17) is 4.74 Å². The molecule has 1 aliphatic rings. The average molecular weight is 393 g/mol. The van der Waals surface area contributed by atoms with E-state index in [2.05, 4.69) is 15.6 Å². The lowest BCUT2D eigenvalue weighted by atomic mass is 9.88. The highest BCUT2D eigenvalue weighted by molar-refractivity contribution is 5.80. The summed E-state index contributed by atoms with van der Waals surface area (Å²) in [5.74, 6) is -0.0729. The summed E-state index contributed by atoms with van der Waals surface area (Å²) in [4.78, 5) is 16.9. The Labute approximate surface area is 161 Å². The maximum atomic E-state index is 12.7. The van der Waals surface area contributed by atoms with Crippen LogP contribution in [0.2, 0.25) is 0 Å². The van der Waals surface area contributed by atoms with Gasteiger partial charge in [-0.05, 0) is 23.8 Å². The number of amides is 1. The molecule has 1 saturated heterocycles. The number of methoxy groups -OCH3 is 1. The minimum atomic E-state index is -4.36. The summed E-state index contributed by atoms with van der Waals surface area (Å²) in [6.45, 7) is 1.48. The third-order valence-electron chi connectivity index (χ3n) is 4.89. The SMILES string of the molecule is COc1cccc(CCNC(=O)[C@@H]2CNC[C@H]2c2ccc(C(F)(F)F)cc2)n1. The van der Waals surface area contributed by atoms with Gasteiger partial charge in [0.15, 0.2) is 0 Å². The van der Waals surface area contributed by atoms with Crippen LogP contribution >= 0.6 is 0 Å². The van der Waals surface area contributed by atoms with Gasteiger partial charge in [0.2, 0.25) is 11.8 Å². The maximum absolute atomic E-state index is 12.7. The fourth-order valence-corrected chi connectivity index (χ4v) is 3.38. The van der Waals surface area contributed by atoms with E-state index in [0.29, 0.717) is 31.9 Å². The molecular formula is C20H22F3N3O2. The van der Waals surface area contributed by atoms with E-state index in [1.807, 2.05) is 12.1 Å². The zero-order valence-corrected chi connectivity index (χ0v) is 15.4. The number of benzene rings is 1. The lowest BCUT2D eigenvalue weighted by Gasteiger charge is -2.19. The van der Waals surface area contributed by atoms with E-state index in [1.165, 1.54) is 12.1 Å². The van der Waals surface area contributed by atoms with Crippen molar-refractivity contribution >= 4 is 5.91 Å². The first-order chi connectivity index (χ1) is 13.4. The monoisotopic (exact) mass is 393 g/mol. The van der Waals surface area contributed by atoms with Crippen LogP contribution in [0.3, 0.4) is 0 Å². The number of hydrogen-bond acceptors (Lipinski definition) is 4. The van der Waals surface area contributed by atoms with Crippen LogP contribution in [-0.2, 0) is 17.4 Å². The molecule has 150 valence electrons. The van der Waals surface area contributed by atoms with Crippen LogP contribution in [0.4, 0.5) is 13.2 Å². The molecule has 1 aromatic heterocycles. The molecule has 1 aliphatic heterocycles. The molecule has 0 unspecified atom stereocenters. The number of rotatable bonds is 6. The number of nitrogens with zero attached hydrogens (tertiary/aromatic N) is 1. The molecule has 0 radical (unpaired) electrons. The Bertz CT molecular complexity index is 809. The van der Waals surface area contributed by atoms with Gasteiger partial charge in [-0.1, -0.05) is 18.2 Å². The molecule has 0 spiro atoms. The first-order valence-electron chi connectivity index (χ1n) is 9.04. The summed E-state index contributed by atoms with van der Waals surface area (Å²) >= 11 is 0. The van der Waals surface area contributed by atoms with Gasteiger partial charge in [0.25, 0.3) is 0 Å². The van der Waals surface area contributed by atoms with E-state index < -0.39 is 11.7 Å². The molecule has 2 heterocycles. The fourth-order valence-electron chi connectivity index (χ4n) is 3.38. The second-order valence-electron chi connectivity index (χ2n) is 6.70. The minimum Gasteiger partial charge on any atom is -0.481 e. The molecule has 28 heavy (non-hydrogen) atoms. The predicted molar refractivity (Wildman–Crippen MR) is 98.0 cm³/mol. The Kier molecular flexibility index (Phi) is 6.18. The van der Waals surface area contributed by atoms with Gasteiger partial charge in [0.05, 0.1) is 18.6 Å². The van der Waals surface area contributed by atoms with E-state index >= 15 is 0 Å². The second-order valence-corrected chi connectivity index (χ2v) is 6.70. The van der Waals surface area contributed by atoms with Gasteiger partial charge < -0.3 is 15.4 Å². The van der Waals surface area contributed by atoms with Crippen LogP contribution in [-0.4, -0.2) is 37.6 Å². The normalized spacial score (nSPS) is 19.4. The zero-order valence-electron chi connectivity index (χ0n) is 15.4. The highest BCUT2D eigenvalue weighted by Gasteiger charge is 2.35. The van der Waals surface area contributed by atoms with Gasteiger partial charge in [0, 0.05) is 43.7 Å². The fraction of sp³-hybridized carbons (Fsp3) is 0.400. The van der Waals surface area contributed by atoms with Gasteiger partial charge >= 0.3 is 6.18 Å². The summed E-state index contributed by atoms with van der Waals surface area (Å²) in [6, 6.07) is 10.5. The largest absolute Gasteiger partial charge is 0.481 e. The molecule has 1 fully saturated rings.